The zero-order valence-electron chi connectivity index (χ0n) is 20.9. The van der Waals surface area contributed by atoms with Crippen LogP contribution in [0.15, 0.2) is 41.9 Å². The third-order valence-corrected chi connectivity index (χ3v) is 8.18. The molecule has 1 saturated carbocycles. The second-order valence-electron chi connectivity index (χ2n) is 10.1. The molecule has 3 aromatic rings. The second-order valence-corrected chi connectivity index (χ2v) is 11.0. The van der Waals surface area contributed by atoms with Gasteiger partial charge in [0, 0.05) is 31.2 Å². The van der Waals surface area contributed by atoms with Crippen molar-refractivity contribution in [1.82, 2.24) is 14.8 Å². The molecule has 0 bridgehead atoms. The molecule has 1 amide bonds. The molecule has 6 rings (SSSR count). The molecule has 1 aromatic heterocycles. The van der Waals surface area contributed by atoms with Crippen molar-refractivity contribution >= 4 is 33.4 Å². The van der Waals surface area contributed by atoms with Gasteiger partial charge in [-0.15, -0.1) is 11.3 Å². The quantitative estimate of drug-likeness (QED) is 0.444. The van der Waals surface area contributed by atoms with Crippen LogP contribution in [0.25, 0.3) is 21.3 Å². The molecule has 208 valence electrons. The summed E-state index contributed by atoms with van der Waals surface area (Å²) >= 11 is 1.60. The van der Waals surface area contributed by atoms with E-state index < -0.39 is 12.1 Å². The molecule has 3 heterocycles. The van der Waals surface area contributed by atoms with Crippen molar-refractivity contribution in [2.45, 2.75) is 50.0 Å². The summed E-state index contributed by atoms with van der Waals surface area (Å²) in [7, 11) is 0. The summed E-state index contributed by atoms with van der Waals surface area (Å²) in [6, 6.07) is 12.1. The number of thiazole rings is 1. The number of hydrogen-bond donors (Lipinski definition) is 1. The fourth-order valence-corrected chi connectivity index (χ4v) is 5.73. The lowest BCUT2D eigenvalue weighted by molar-refractivity contribution is -0.192. The predicted octanol–water partition coefficient (Wildman–Crippen LogP) is 5.09. The molecule has 12 heteroatoms. The van der Waals surface area contributed by atoms with Crippen molar-refractivity contribution in [3.8, 4) is 11.1 Å². The molecule has 2 aromatic carbocycles. The second kappa shape index (κ2) is 10.8. The lowest BCUT2D eigenvalue weighted by atomic mass is 9.89. The Balaban J connectivity index is 0.000000392. The van der Waals surface area contributed by atoms with Crippen LogP contribution < -0.4 is 0 Å². The smallest absolute Gasteiger partial charge is 0.475 e. The minimum absolute atomic E-state index is 0.136. The number of alkyl halides is 3. The molecule has 39 heavy (non-hydrogen) atoms. The highest BCUT2D eigenvalue weighted by atomic mass is 32.1. The highest BCUT2D eigenvalue weighted by molar-refractivity contribution is 7.16. The maximum absolute atomic E-state index is 15.0. The number of benzene rings is 2. The lowest BCUT2D eigenvalue weighted by Crippen LogP contribution is -2.59. The van der Waals surface area contributed by atoms with Crippen molar-refractivity contribution in [3.05, 3.63) is 53.3 Å². The summed E-state index contributed by atoms with van der Waals surface area (Å²) < 4.78 is 53.9. The Morgan fingerprint density at radius 3 is 2.44 bits per heavy atom. The van der Waals surface area contributed by atoms with Crippen LogP contribution in [0.1, 0.15) is 31.2 Å². The van der Waals surface area contributed by atoms with Gasteiger partial charge in [0.25, 0.3) is 0 Å². The number of rotatable bonds is 4. The molecular weight excluding hydrogens is 538 g/mol. The minimum Gasteiger partial charge on any atom is -0.475 e. The first-order valence-electron chi connectivity index (χ1n) is 12.6. The number of nitrogens with zero attached hydrogens (tertiary/aromatic N) is 3. The number of ether oxygens (including phenoxy) is 1. The summed E-state index contributed by atoms with van der Waals surface area (Å²) in [5.74, 6) is -2.78. The Morgan fingerprint density at radius 2 is 1.79 bits per heavy atom. The van der Waals surface area contributed by atoms with Gasteiger partial charge in [0.2, 0.25) is 5.91 Å². The SMILES string of the molecule is O=C(O)C(F)(F)F.O=C1COC2(CCN(Cc3ccc(-c4ccc5ncsc5c4)cc3F)CC2)CN1C1CC1. The average molecular weight is 566 g/mol. The number of fused-ring (bicyclic) bond motifs is 1. The van der Waals surface area contributed by atoms with Crippen LogP contribution in [0.5, 0.6) is 0 Å². The van der Waals surface area contributed by atoms with Crippen LogP contribution in [0.3, 0.4) is 0 Å². The van der Waals surface area contributed by atoms with E-state index in [1.54, 1.807) is 17.4 Å². The van der Waals surface area contributed by atoms with E-state index in [1.807, 2.05) is 34.7 Å². The van der Waals surface area contributed by atoms with Gasteiger partial charge in [-0.05, 0) is 55.0 Å². The predicted molar refractivity (Wildman–Crippen MR) is 137 cm³/mol. The van der Waals surface area contributed by atoms with Gasteiger partial charge in [0.15, 0.2) is 0 Å². The monoisotopic (exact) mass is 565 g/mol. The molecule has 1 aliphatic carbocycles. The topological polar surface area (TPSA) is 83.0 Å². The summed E-state index contributed by atoms with van der Waals surface area (Å²) in [4.78, 5) is 29.7. The van der Waals surface area contributed by atoms with Gasteiger partial charge in [-0.2, -0.15) is 13.2 Å². The average Bonchev–Trinajstić information content (AvgIpc) is 3.64. The Hall–Kier alpha value is -3.09. The van der Waals surface area contributed by atoms with Gasteiger partial charge in [0.05, 0.1) is 27.9 Å². The first-order chi connectivity index (χ1) is 18.5. The Labute approximate surface area is 226 Å². The highest BCUT2D eigenvalue weighted by Gasteiger charge is 2.46. The van der Waals surface area contributed by atoms with Gasteiger partial charge >= 0.3 is 12.1 Å². The van der Waals surface area contributed by atoms with Crippen molar-refractivity contribution < 1.29 is 37.0 Å². The number of aromatic nitrogens is 1. The number of aliphatic carboxylic acids is 1. The molecule has 2 saturated heterocycles. The Bertz CT molecular complexity index is 1370. The van der Waals surface area contributed by atoms with E-state index in [2.05, 4.69) is 16.0 Å². The fourth-order valence-electron chi connectivity index (χ4n) is 5.01. The number of carbonyl (C=O) groups is 2. The first-order valence-corrected chi connectivity index (χ1v) is 13.5. The molecule has 1 N–H and O–H groups in total. The van der Waals surface area contributed by atoms with Crippen molar-refractivity contribution in [2.75, 3.05) is 26.2 Å². The number of hydrogen-bond acceptors (Lipinski definition) is 6. The van der Waals surface area contributed by atoms with Crippen LogP contribution in [0.4, 0.5) is 17.6 Å². The first kappa shape index (κ1) is 27.5. The van der Waals surface area contributed by atoms with E-state index in [1.165, 1.54) is 0 Å². The van der Waals surface area contributed by atoms with Crippen molar-refractivity contribution in [1.29, 1.82) is 0 Å². The summed E-state index contributed by atoms with van der Waals surface area (Å²) in [5.41, 5.74) is 5.22. The third-order valence-electron chi connectivity index (χ3n) is 7.39. The van der Waals surface area contributed by atoms with E-state index in [0.717, 1.165) is 72.2 Å². The number of carbonyl (C=O) groups excluding carboxylic acids is 1. The third kappa shape index (κ3) is 6.39. The fraction of sp³-hybridized carbons (Fsp3) is 0.444. The maximum atomic E-state index is 15.0. The van der Waals surface area contributed by atoms with Gasteiger partial charge in [0.1, 0.15) is 12.4 Å². The van der Waals surface area contributed by atoms with E-state index in [9.17, 15) is 22.4 Å². The Morgan fingerprint density at radius 1 is 1.13 bits per heavy atom. The van der Waals surface area contributed by atoms with Gasteiger partial charge in [-0.3, -0.25) is 9.69 Å². The summed E-state index contributed by atoms with van der Waals surface area (Å²) in [5, 5.41) is 7.12. The lowest BCUT2D eigenvalue weighted by Gasteiger charge is -2.47. The summed E-state index contributed by atoms with van der Waals surface area (Å²) in [6.07, 6.45) is -1.06. The normalized spacial score (nSPS) is 19.7. The number of halogens is 4. The van der Waals surface area contributed by atoms with Gasteiger partial charge in [-0.25, -0.2) is 14.2 Å². The number of piperidine rings is 1. The minimum atomic E-state index is -5.08. The molecule has 3 aliphatic rings. The highest BCUT2D eigenvalue weighted by Crippen LogP contribution is 2.36. The molecule has 7 nitrogen and oxygen atoms in total. The van der Waals surface area contributed by atoms with Gasteiger partial charge in [-0.1, -0.05) is 18.2 Å². The maximum Gasteiger partial charge on any atom is 0.490 e. The molecule has 0 unspecified atom stereocenters. The van der Waals surface area contributed by atoms with E-state index in [-0.39, 0.29) is 23.9 Å². The van der Waals surface area contributed by atoms with E-state index in [4.69, 9.17) is 14.6 Å². The molecular formula is C27H27F4N3O4S. The van der Waals surface area contributed by atoms with Crippen LogP contribution >= 0.6 is 11.3 Å². The van der Waals surface area contributed by atoms with Crippen molar-refractivity contribution in [3.63, 3.8) is 0 Å². The van der Waals surface area contributed by atoms with Crippen LogP contribution in [-0.2, 0) is 20.9 Å². The zero-order valence-corrected chi connectivity index (χ0v) is 21.7. The van der Waals surface area contributed by atoms with Crippen LogP contribution in [0.2, 0.25) is 0 Å². The standard InChI is InChI=1S/C25H26FN3O2S.C2HF3O2/c26-21-11-17(18-3-6-22-23(12-18)32-16-27-22)1-2-19(21)13-28-9-7-25(8-10-28)15-29(20-4-5-20)24(30)14-31-25;3-2(4,5)1(6)7/h1-3,6,11-12,16,20H,4-5,7-10,13-15H2;(H,6,7). The van der Waals surface area contributed by atoms with Crippen LogP contribution in [-0.4, -0.2) is 75.8 Å². The molecule has 1 spiro atoms. The van der Waals surface area contributed by atoms with Gasteiger partial charge < -0.3 is 14.7 Å². The van der Waals surface area contributed by atoms with E-state index in [0.29, 0.717) is 12.6 Å². The van der Waals surface area contributed by atoms with Crippen molar-refractivity contribution in [2.24, 2.45) is 0 Å². The number of amides is 1. The zero-order chi connectivity index (χ0) is 27.8. The summed E-state index contributed by atoms with van der Waals surface area (Å²) in [6.45, 7) is 3.24. The number of carboxylic acid groups (broad SMARTS) is 1. The van der Waals surface area contributed by atoms with Crippen LogP contribution in [0, 0.1) is 5.82 Å². The molecule has 0 radical (unpaired) electrons. The largest absolute Gasteiger partial charge is 0.490 e. The molecule has 2 aliphatic heterocycles. The number of carboxylic acids is 1. The number of likely N-dealkylation sites (tertiary alicyclic amines) is 1. The number of morpholine rings is 1. The Kier molecular flexibility index (Phi) is 7.62. The molecule has 3 fully saturated rings. The molecule has 0 atom stereocenters. The van der Waals surface area contributed by atoms with E-state index >= 15 is 0 Å².